The molecule has 2 aromatic carbocycles. The first-order valence-electron chi connectivity index (χ1n) is 8.66. The second kappa shape index (κ2) is 8.91. The molecule has 0 spiro atoms. The highest BCUT2D eigenvalue weighted by Gasteiger charge is 2.29. The first kappa shape index (κ1) is 22.8. The molecule has 10 heteroatoms. The van der Waals surface area contributed by atoms with E-state index in [4.69, 9.17) is 0 Å². The van der Waals surface area contributed by atoms with Crippen LogP contribution in [-0.2, 0) is 22.6 Å². The highest BCUT2D eigenvalue weighted by atomic mass is 32.2. The molecule has 0 saturated carbocycles. The summed E-state index contributed by atoms with van der Waals surface area (Å²) < 4.78 is 78.3. The normalized spacial score (nSPS) is 12.2. The Kier molecular flexibility index (Phi) is 7.02. The van der Waals surface area contributed by atoms with Crippen LogP contribution in [0, 0.1) is 5.82 Å². The van der Waals surface area contributed by atoms with E-state index in [9.17, 15) is 30.8 Å². The third kappa shape index (κ3) is 6.26. The molecule has 2 rings (SSSR count). The summed E-state index contributed by atoms with van der Waals surface area (Å²) in [5.74, 6) is -1.71. The Bertz CT molecular complexity index is 972. The van der Waals surface area contributed by atoms with Gasteiger partial charge in [0.15, 0.2) is 0 Å². The maximum atomic E-state index is 14.0. The summed E-state index contributed by atoms with van der Waals surface area (Å²) in [4.78, 5) is 12.0. The number of nitrogens with one attached hydrogen (secondary N) is 2. The van der Waals surface area contributed by atoms with Gasteiger partial charge in [0.2, 0.25) is 10.0 Å². The predicted molar refractivity (Wildman–Crippen MR) is 99.3 cm³/mol. The summed E-state index contributed by atoms with van der Waals surface area (Å²) in [5, 5.41) is 2.44. The number of halogens is 4. The van der Waals surface area contributed by atoms with Crippen LogP contribution in [0.5, 0.6) is 0 Å². The standard InChI is InChI=1S/C19H20F4N2O3S/c1-12(2)25-29(27,28)15-7-8-17(20)16(11-15)18(26)24-10-9-13-3-5-14(6-4-13)19(21,22)23/h3-8,11-12,25H,9-10H2,1-2H3,(H,24,26). The van der Waals surface area contributed by atoms with E-state index in [0.717, 1.165) is 30.3 Å². The van der Waals surface area contributed by atoms with Gasteiger partial charge in [-0.3, -0.25) is 4.79 Å². The Labute approximate surface area is 166 Å². The quantitative estimate of drug-likeness (QED) is 0.658. The fraction of sp³-hybridized carbons (Fsp3) is 0.316. The number of benzene rings is 2. The summed E-state index contributed by atoms with van der Waals surface area (Å²) in [6.45, 7) is 3.27. The minimum Gasteiger partial charge on any atom is -0.352 e. The van der Waals surface area contributed by atoms with E-state index in [1.807, 2.05) is 0 Å². The molecule has 0 aliphatic rings. The molecule has 0 unspecified atom stereocenters. The van der Waals surface area contributed by atoms with Crippen LogP contribution >= 0.6 is 0 Å². The predicted octanol–water partition coefficient (Wildman–Crippen LogP) is 3.50. The minimum absolute atomic E-state index is 0.0326. The van der Waals surface area contributed by atoms with Crippen molar-refractivity contribution in [1.29, 1.82) is 0 Å². The molecule has 5 nitrogen and oxygen atoms in total. The number of amides is 1. The lowest BCUT2D eigenvalue weighted by atomic mass is 10.1. The van der Waals surface area contributed by atoms with E-state index >= 15 is 0 Å². The van der Waals surface area contributed by atoms with Crippen LogP contribution < -0.4 is 10.0 Å². The molecule has 2 aromatic rings. The van der Waals surface area contributed by atoms with Gasteiger partial charge in [0, 0.05) is 12.6 Å². The number of rotatable bonds is 7. The van der Waals surface area contributed by atoms with Gasteiger partial charge in [-0.25, -0.2) is 17.5 Å². The zero-order chi connectivity index (χ0) is 21.8. The van der Waals surface area contributed by atoms with Gasteiger partial charge in [-0.05, 0) is 56.2 Å². The molecule has 0 aromatic heterocycles. The second-order valence-electron chi connectivity index (χ2n) is 6.62. The van der Waals surface area contributed by atoms with Gasteiger partial charge in [0.25, 0.3) is 5.91 Å². The summed E-state index contributed by atoms with van der Waals surface area (Å²) in [6.07, 6.45) is -4.21. The van der Waals surface area contributed by atoms with Gasteiger partial charge in [-0.15, -0.1) is 0 Å². The van der Waals surface area contributed by atoms with E-state index in [0.29, 0.717) is 5.56 Å². The summed E-state index contributed by atoms with van der Waals surface area (Å²) in [7, 11) is -3.90. The van der Waals surface area contributed by atoms with Crippen molar-refractivity contribution in [2.24, 2.45) is 0 Å². The van der Waals surface area contributed by atoms with Crippen molar-refractivity contribution in [2.45, 2.75) is 37.4 Å². The van der Waals surface area contributed by atoms with Gasteiger partial charge in [0.1, 0.15) is 5.82 Å². The fourth-order valence-electron chi connectivity index (χ4n) is 2.50. The van der Waals surface area contributed by atoms with E-state index in [1.165, 1.54) is 12.1 Å². The van der Waals surface area contributed by atoms with E-state index in [1.54, 1.807) is 13.8 Å². The minimum atomic E-state index is -4.43. The molecule has 0 aliphatic heterocycles. The summed E-state index contributed by atoms with van der Waals surface area (Å²) in [5.41, 5.74) is -0.666. The second-order valence-corrected chi connectivity index (χ2v) is 8.33. The third-order valence-corrected chi connectivity index (χ3v) is 5.52. The fourth-order valence-corrected chi connectivity index (χ4v) is 3.78. The van der Waals surface area contributed by atoms with E-state index in [2.05, 4.69) is 10.0 Å². The SMILES string of the molecule is CC(C)NS(=O)(=O)c1ccc(F)c(C(=O)NCCc2ccc(C(F)(F)F)cc2)c1. The van der Waals surface area contributed by atoms with Gasteiger partial charge < -0.3 is 5.32 Å². The maximum absolute atomic E-state index is 14.0. The largest absolute Gasteiger partial charge is 0.416 e. The number of hydrogen-bond acceptors (Lipinski definition) is 3. The van der Waals surface area contributed by atoms with Crippen LogP contribution in [0.1, 0.15) is 35.3 Å². The van der Waals surface area contributed by atoms with Crippen LogP contribution in [0.2, 0.25) is 0 Å². The maximum Gasteiger partial charge on any atom is 0.416 e. The Morgan fingerprint density at radius 1 is 1.07 bits per heavy atom. The van der Waals surface area contributed by atoms with Crippen molar-refractivity contribution in [2.75, 3.05) is 6.54 Å². The number of sulfonamides is 1. The lowest BCUT2D eigenvalue weighted by molar-refractivity contribution is -0.137. The molecule has 29 heavy (non-hydrogen) atoms. The van der Waals surface area contributed by atoms with Crippen LogP contribution in [0.25, 0.3) is 0 Å². The number of alkyl halides is 3. The Balaban J connectivity index is 2.05. The zero-order valence-corrected chi connectivity index (χ0v) is 16.5. The Morgan fingerprint density at radius 3 is 2.24 bits per heavy atom. The lowest BCUT2D eigenvalue weighted by Crippen LogP contribution is -2.31. The van der Waals surface area contributed by atoms with Gasteiger partial charge in [-0.2, -0.15) is 13.2 Å². The zero-order valence-electron chi connectivity index (χ0n) is 15.7. The van der Waals surface area contributed by atoms with Crippen molar-refractivity contribution in [1.82, 2.24) is 10.0 Å². The number of carbonyl (C=O) groups excluding carboxylic acids is 1. The molecule has 158 valence electrons. The summed E-state index contributed by atoms with van der Waals surface area (Å²) >= 11 is 0. The van der Waals surface area contributed by atoms with Crippen molar-refractivity contribution >= 4 is 15.9 Å². The van der Waals surface area contributed by atoms with E-state index < -0.39 is 39.1 Å². The molecule has 1 amide bonds. The lowest BCUT2D eigenvalue weighted by Gasteiger charge is -2.12. The molecule has 2 N–H and O–H groups in total. The van der Waals surface area contributed by atoms with Crippen molar-refractivity contribution < 1.29 is 30.8 Å². The molecule has 0 atom stereocenters. The van der Waals surface area contributed by atoms with Gasteiger partial charge >= 0.3 is 6.18 Å². The molecule has 0 radical (unpaired) electrons. The molecular weight excluding hydrogens is 412 g/mol. The Hall–Kier alpha value is -2.46. The Morgan fingerprint density at radius 2 is 1.69 bits per heavy atom. The molecular formula is C19H20F4N2O3S. The molecule has 0 aliphatic carbocycles. The third-order valence-electron chi connectivity index (χ3n) is 3.86. The average molecular weight is 432 g/mol. The average Bonchev–Trinajstić information content (AvgIpc) is 2.60. The first-order valence-corrected chi connectivity index (χ1v) is 10.1. The molecule has 0 heterocycles. The van der Waals surface area contributed by atoms with Crippen LogP contribution in [0.4, 0.5) is 17.6 Å². The van der Waals surface area contributed by atoms with Crippen LogP contribution in [0.3, 0.4) is 0 Å². The van der Waals surface area contributed by atoms with Crippen LogP contribution in [0.15, 0.2) is 47.4 Å². The number of carbonyl (C=O) groups is 1. The van der Waals surface area contributed by atoms with Crippen molar-refractivity contribution in [3.63, 3.8) is 0 Å². The number of hydrogen-bond donors (Lipinski definition) is 2. The smallest absolute Gasteiger partial charge is 0.352 e. The molecule has 0 saturated heterocycles. The molecule has 0 fully saturated rings. The summed E-state index contributed by atoms with van der Waals surface area (Å²) in [6, 6.07) is 6.96. The topological polar surface area (TPSA) is 75.3 Å². The molecule has 0 bridgehead atoms. The van der Waals surface area contributed by atoms with E-state index in [-0.39, 0.29) is 23.9 Å². The monoisotopic (exact) mass is 432 g/mol. The van der Waals surface area contributed by atoms with Crippen molar-refractivity contribution in [3.8, 4) is 0 Å². The van der Waals surface area contributed by atoms with Gasteiger partial charge in [-0.1, -0.05) is 12.1 Å². The van der Waals surface area contributed by atoms with Gasteiger partial charge in [0.05, 0.1) is 16.0 Å². The van der Waals surface area contributed by atoms with Crippen LogP contribution in [-0.4, -0.2) is 26.9 Å². The highest BCUT2D eigenvalue weighted by molar-refractivity contribution is 7.89. The first-order chi connectivity index (χ1) is 13.4. The van der Waals surface area contributed by atoms with Crippen molar-refractivity contribution in [3.05, 3.63) is 65.0 Å². The highest BCUT2D eigenvalue weighted by Crippen LogP contribution is 2.29.